The van der Waals surface area contributed by atoms with Crippen LogP contribution in [0.25, 0.3) is 0 Å². The number of ether oxygens (including phenoxy) is 1. The zero-order chi connectivity index (χ0) is 16.7. The molecule has 1 aliphatic heterocycles. The first-order valence-electron chi connectivity index (χ1n) is 6.92. The molecule has 2 amide bonds. The summed E-state index contributed by atoms with van der Waals surface area (Å²) in [5.41, 5.74) is -0.0645. The van der Waals surface area contributed by atoms with Gasteiger partial charge >= 0.3 is 6.09 Å². The van der Waals surface area contributed by atoms with Crippen molar-refractivity contribution in [3.05, 3.63) is 39.9 Å². The summed E-state index contributed by atoms with van der Waals surface area (Å²) >= 11 is 0. The molecule has 0 unspecified atom stereocenters. The number of non-ortho nitro benzene ring substituents is 1. The van der Waals surface area contributed by atoms with E-state index in [1.807, 2.05) is 0 Å². The van der Waals surface area contributed by atoms with E-state index < -0.39 is 22.7 Å². The summed E-state index contributed by atoms with van der Waals surface area (Å²) in [7, 11) is 0. The Balaban J connectivity index is 2.23. The standard InChI is InChI=1S/C15H18N2O5/c1-9-12(10-5-7-11(8-6-10)17(20)21)16(13(9)18)14(19)22-15(2,3)4/h5-9,12H,1-4H3/t9-,12-/m1/s1. The van der Waals surface area contributed by atoms with Gasteiger partial charge in [-0.25, -0.2) is 9.69 Å². The van der Waals surface area contributed by atoms with Gasteiger partial charge in [0.05, 0.1) is 16.9 Å². The van der Waals surface area contributed by atoms with Crippen molar-refractivity contribution in [3.8, 4) is 0 Å². The number of β-lactam (4-membered cyclic amide) rings is 1. The van der Waals surface area contributed by atoms with Crippen molar-refractivity contribution in [2.75, 3.05) is 0 Å². The quantitative estimate of drug-likeness (QED) is 0.476. The number of carbonyl (C=O) groups is 2. The number of carbonyl (C=O) groups excluding carboxylic acids is 2. The fourth-order valence-corrected chi connectivity index (χ4v) is 2.38. The third kappa shape index (κ3) is 2.93. The molecule has 1 fully saturated rings. The van der Waals surface area contributed by atoms with Crippen LogP contribution in [-0.4, -0.2) is 27.4 Å². The van der Waals surface area contributed by atoms with Crippen LogP contribution in [0.3, 0.4) is 0 Å². The van der Waals surface area contributed by atoms with Gasteiger partial charge in [-0.1, -0.05) is 19.1 Å². The highest BCUT2D eigenvalue weighted by atomic mass is 16.6. The molecule has 1 heterocycles. The van der Waals surface area contributed by atoms with Crippen LogP contribution in [0.5, 0.6) is 0 Å². The van der Waals surface area contributed by atoms with E-state index in [0.717, 1.165) is 4.90 Å². The lowest BCUT2D eigenvalue weighted by Gasteiger charge is -2.44. The summed E-state index contributed by atoms with van der Waals surface area (Å²) in [6, 6.07) is 5.38. The lowest BCUT2D eigenvalue weighted by atomic mass is 9.84. The summed E-state index contributed by atoms with van der Waals surface area (Å²) in [5.74, 6) is -0.674. The van der Waals surface area contributed by atoms with E-state index >= 15 is 0 Å². The lowest BCUT2D eigenvalue weighted by molar-refractivity contribution is -0.384. The van der Waals surface area contributed by atoms with E-state index in [9.17, 15) is 19.7 Å². The molecule has 2 rings (SSSR count). The highest BCUT2D eigenvalue weighted by Gasteiger charge is 2.50. The van der Waals surface area contributed by atoms with E-state index in [1.165, 1.54) is 12.1 Å². The largest absolute Gasteiger partial charge is 0.443 e. The maximum absolute atomic E-state index is 12.1. The minimum atomic E-state index is -0.698. The van der Waals surface area contributed by atoms with E-state index in [4.69, 9.17) is 4.74 Å². The van der Waals surface area contributed by atoms with Gasteiger partial charge in [0.15, 0.2) is 0 Å². The summed E-state index contributed by atoms with van der Waals surface area (Å²) in [4.78, 5) is 35.3. The van der Waals surface area contributed by atoms with Gasteiger partial charge in [-0.05, 0) is 26.3 Å². The Morgan fingerprint density at radius 3 is 2.27 bits per heavy atom. The van der Waals surface area contributed by atoms with Gasteiger partial charge in [0, 0.05) is 12.1 Å². The number of hydrogen-bond donors (Lipinski definition) is 0. The molecule has 2 atom stereocenters. The first-order chi connectivity index (χ1) is 10.1. The van der Waals surface area contributed by atoms with Crippen molar-refractivity contribution in [1.82, 2.24) is 4.90 Å². The molecule has 1 aromatic carbocycles. The minimum Gasteiger partial charge on any atom is -0.443 e. The molecule has 7 nitrogen and oxygen atoms in total. The molecule has 0 saturated carbocycles. The SMILES string of the molecule is C[C@H]1C(=O)N(C(=O)OC(C)(C)C)[C@H]1c1ccc([N+](=O)[O-])cc1. The molecular formula is C15H18N2O5. The molecular weight excluding hydrogens is 288 g/mol. The number of nitrogens with zero attached hydrogens (tertiary/aromatic N) is 2. The highest BCUT2D eigenvalue weighted by molar-refractivity contribution is 5.99. The summed E-state index contributed by atoms with van der Waals surface area (Å²) < 4.78 is 5.23. The normalized spacial score (nSPS) is 21.3. The van der Waals surface area contributed by atoms with Crippen molar-refractivity contribution < 1.29 is 19.2 Å². The fraction of sp³-hybridized carbons (Fsp3) is 0.467. The Bertz CT molecular complexity index is 618. The predicted octanol–water partition coefficient (Wildman–Crippen LogP) is 3.05. The lowest BCUT2D eigenvalue weighted by Crippen LogP contribution is -2.57. The maximum atomic E-state index is 12.1. The van der Waals surface area contributed by atoms with Crippen molar-refractivity contribution >= 4 is 17.7 Å². The Morgan fingerprint density at radius 2 is 1.82 bits per heavy atom. The van der Waals surface area contributed by atoms with Crippen molar-refractivity contribution in [2.45, 2.75) is 39.3 Å². The molecule has 0 aromatic heterocycles. The van der Waals surface area contributed by atoms with Crippen molar-refractivity contribution in [3.63, 3.8) is 0 Å². The number of likely N-dealkylation sites (tertiary alicyclic amines) is 1. The van der Waals surface area contributed by atoms with Gasteiger partial charge in [0.2, 0.25) is 5.91 Å². The third-order valence-electron chi connectivity index (χ3n) is 3.41. The van der Waals surface area contributed by atoms with Crippen LogP contribution in [0, 0.1) is 16.0 Å². The molecule has 0 bridgehead atoms. The monoisotopic (exact) mass is 306 g/mol. The predicted molar refractivity (Wildman–Crippen MR) is 78.1 cm³/mol. The van der Waals surface area contributed by atoms with E-state index in [-0.39, 0.29) is 17.5 Å². The Kier molecular flexibility index (Phi) is 3.91. The van der Waals surface area contributed by atoms with Gasteiger partial charge in [0.25, 0.3) is 5.69 Å². The second-order valence-corrected chi connectivity index (χ2v) is 6.27. The van der Waals surface area contributed by atoms with Gasteiger partial charge in [0.1, 0.15) is 5.60 Å². The van der Waals surface area contributed by atoms with Crippen LogP contribution >= 0.6 is 0 Å². The molecule has 1 aliphatic rings. The molecule has 0 spiro atoms. The second kappa shape index (κ2) is 5.40. The minimum absolute atomic E-state index is 0.0362. The van der Waals surface area contributed by atoms with Crippen LogP contribution in [0.1, 0.15) is 39.3 Å². The molecule has 7 heteroatoms. The average Bonchev–Trinajstić information content (AvgIpc) is 2.41. The van der Waals surface area contributed by atoms with E-state index in [0.29, 0.717) is 5.56 Å². The molecule has 22 heavy (non-hydrogen) atoms. The topological polar surface area (TPSA) is 89.8 Å². The number of hydrogen-bond acceptors (Lipinski definition) is 5. The number of rotatable bonds is 2. The molecule has 1 saturated heterocycles. The molecule has 118 valence electrons. The van der Waals surface area contributed by atoms with Crippen LogP contribution in [-0.2, 0) is 9.53 Å². The maximum Gasteiger partial charge on any atom is 0.417 e. The Morgan fingerprint density at radius 1 is 1.27 bits per heavy atom. The van der Waals surface area contributed by atoms with Crippen molar-refractivity contribution in [1.29, 1.82) is 0 Å². The zero-order valence-electron chi connectivity index (χ0n) is 12.9. The summed E-state index contributed by atoms with van der Waals surface area (Å²) in [6.45, 7) is 6.88. The third-order valence-corrected chi connectivity index (χ3v) is 3.41. The number of nitro groups is 1. The van der Waals surface area contributed by atoms with Gasteiger partial charge < -0.3 is 4.74 Å². The molecule has 1 aromatic rings. The summed E-state index contributed by atoms with van der Waals surface area (Å²) in [5, 5.41) is 10.7. The van der Waals surface area contributed by atoms with Crippen LogP contribution in [0.4, 0.5) is 10.5 Å². The van der Waals surface area contributed by atoms with Gasteiger partial charge in [-0.15, -0.1) is 0 Å². The zero-order valence-corrected chi connectivity index (χ0v) is 12.9. The Labute approximate surface area is 128 Å². The van der Waals surface area contributed by atoms with Gasteiger partial charge in [-0.2, -0.15) is 0 Å². The number of nitro benzene ring substituents is 1. The number of amides is 2. The number of imide groups is 1. The van der Waals surface area contributed by atoms with E-state index in [2.05, 4.69) is 0 Å². The fourth-order valence-electron chi connectivity index (χ4n) is 2.38. The first-order valence-corrected chi connectivity index (χ1v) is 6.92. The molecule has 0 radical (unpaired) electrons. The van der Waals surface area contributed by atoms with Crippen LogP contribution < -0.4 is 0 Å². The van der Waals surface area contributed by atoms with Crippen molar-refractivity contribution in [2.24, 2.45) is 5.92 Å². The van der Waals surface area contributed by atoms with Gasteiger partial charge in [-0.3, -0.25) is 14.9 Å². The summed E-state index contributed by atoms with van der Waals surface area (Å²) in [6.07, 6.45) is -0.695. The molecule has 0 aliphatic carbocycles. The van der Waals surface area contributed by atoms with E-state index in [1.54, 1.807) is 39.8 Å². The molecule has 0 N–H and O–H groups in total. The Hall–Kier alpha value is -2.44. The highest BCUT2D eigenvalue weighted by Crippen LogP contribution is 2.41. The first kappa shape index (κ1) is 15.9. The smallest absolute Gasteiger partial charge is 0.417 e. The average molecular weight is 306 g/mol. The van der Waals surface area contributed by atoms with Crippen LogP contribution in [0.2, 0.25) is 0 Å². The van der Waals surface area contributed by atoms with Crippen LogP contribution in [0.15, 0.2) is 24.3 Å². The second-order valence-electron chi connectivity index (χ2n) is 6.27. The number of benzene rings is 1.